The fourth-order valence-corrected chi connectivity index (χ4v) is 6.24. The molecule has 14 nitrogen and oxygen atoms in total. The number of nitrogens with one attached hydrogen (secondary N) is 1. The molecule has 4 rings (SSSR count). The zero-order chi connectivity index (χ0) is 34.7. The zero-order valence-corrected chi connectivity index (χ0v) is 34.8. The maximum Gasteiger partial charge on any atom is 1.00 e. The van der Waals surface area contributed by atoms with Gasteiger partial charge in [0.1, 0.15) is 30.0 Å². The number of fused-ring (bicyclic) bond motifs is 2. The summed E-state index contributed by atoms with van der Waals surface area (Å²) in [6.45, 7) is 2.51. The summed E-state index contributed by atoms with van der Waals surface area (Å²) < 4.78 is 137. The van der Waals surface area contributed by atoms with Gasteiger partial charge in [-0.15, -0.1) is 7.77 Å². The first-order chi connectivity index (χ1) is 20.3. The number of halogens is 3. The molecule has 0 bridgehead atoms. The quantitative estimate of drug-likeness (QED) is 0.0891. The number of rotatable bonds is 5. The predicted octanol–water partition coefficient (Wildman–Crippen LogP) is -2.88. The monoisotopic (exact) mass is 806 g/mol. The van der Waals surface area contributed by atoms with E-state index in [-0.39, 0.29) is 141 Å². The molecule has 0 spiro atoms. The van der Waals surface area contributed by atoms with E-state index in [1.807, 2.05) is 0 Å². The van der Waals surface area contributed by atoms with Crippen molar-refractivity contribution in [2.24, 2.45) is 0 Å². The number of carbonyl (C=O) groups is 2. The minimum atomic E-state index is -5.30. The van der Waals surface area contributed by atoms with Crippen molar-refractivity contribution < 1.29 is 163 Å². The summed E-state index contributed by atoms with van der Waals surface area (Å²) in [5, 5.41) is 1.92. The Kier molecular flexibility index (Phi) is 17.9. The molecule has 4 aromatic rings. The molecule has 47 heavy (non-hydrogen) atoms. The van der Waals surface area contributed by atoms with Gasteiger partial charge in [-0.05, 0) is 76.3 Å². The van der Waals surface area contributed by atoms with Gasteiger partial charge in [0.05, 0.1) is 9.79 Å². The van der Waals surface area contributed by atoms with Gasteiger partial charge in [-0.1, -0.05) is 12.1 Å². The molecule has 4 aromatic carbocycles. The normalized spacial score (nSPS) is 11.5. The zero-order valence-electron chi connectivity index (χ0n) is 24.5. The maximum atomic E-state index is 13.4. The van der Waals surface area contributed by atoms with Crippen molar-refractivity contribution in [2.75, 3.05) is 11.1 Å². The fraction of sp³-hybridized carbons (Fsp3) is 0.0833. The maximum absolute atomic E-state index is 13.4. The average Bonchev–Trinajstić information content (AvgIpc) is 2.84. The van der Waals surface area contributed by atoms with Crippen molar-refractivity contribution >= 4 is 96.4 Å². The molecule has 23 heteroatoms. The number of nitrogen functional groups attached to an aromatic ring is 1. The van der Waals surface area contributed by atoms with E-state index in [0.29, 0.717) is 12.1 Å². The van der Waals surface area contributed by atoms with Crippen LogP contribution in [0.3, 0.4) is 0 Å². The molecule has 244 valence electrons. The van der Waals surface area contributed by atoms with Crippen molar-refractivity contribution in [1.29, 1.82) is 0 Å². The van der Waals surface area contributed by atoms with Crippen molar-refractivity contribution in [3.8, 4) is 0 Å². The summed E-state index contributed by atoms with van der Waals surface area (Å²) in [5.74, 6) is -0.438. The molecule has 0 atom stereocenters. The van der Waals surface area contributed by atoms with Crippen LogP contribution in [0.1, 0.15) is 13.8 Å². The molecule has 0 saturated carbocycles. The van der Waals surface area contributed by atoms with Crippen LogP contribution in [0, 0.1) is 0 Å². The standard InChI is InChI=1S/C12H9F2NO5S2.C10H9NO6S2.C2H3ClO.2K/c1-7(16)15-9-3-2-8-4-10(21(13,17)18)6-12(11(8)5-9)22(14,19)20;11-7-1-2-9-6(3-7)4-8(18(12,13)14)5-10(9)19(15,16)17;1-2(3)4;;/h2-6H,1H3,(H,15,16);1-5H,11H2,(H,12,13,14)(H,15,16,17);1H3;;/q;;;2*+1/p-2. The Labute approximate surface area is 358 Å². The van der Waals surface area contributed by atoms with E-state index in [9.17, 15) is 60.1 Å². The molecular formula is C24H19ClF2K2N2O12S4. The number of anilines is 2. The van der Waals surface area contributed by atoms with Crippen LogP contribution in [0.25, 0.3) is 21.5 Å². The van der Waals surface area contributed by atoms with Crippen LogP contribution in [-0.2, 0) is 50.3 Å². The summed E-state index contributed by atoms with van der Waals surface area (Å²) in [6.07, 6.45) is 0. The van der Waals surface area contributed by atoms with Gasteiger partial charge in [-0.3, -0.25) is 9.59 Å². The first kappa shape index (κ1) is 46.5. The third kappa shape index (κ3) is 14.3. The smallest absolute Gasteiger partial charge is 0.744 e. The Hall–Kier alpha value is -0.517. The van der Waals surface area contributed by atoms with Gasteiger partial charge >= 0.3 is 123 Å². The van der Waals surface area contributed by atoms with Gasteiger partial charge < -0.3 is 20.2 Å². The van der Waals surface area contributed by atoms with Crippen LogP contribution >= 0.6 is 11.6 Å². The van der Waals surface area contributed by atoms with Crippen LogP contribution in [-0.4, -0.2) is 53.9 Å². The number of carbonyl (C=O) groups excluding carboxylic acids is 2. The van der Waals surface area contributed by atoms with Gasteiger partial charge in [0.2, 0.25) is 11.1 Å². The van der Waals surface area contributed by atoms with Crippen molar-refractivity contribution in [3.05, 3.63) is 60.7 Å². The first-order valence-electron chi connectivity index (χ1n) is 11.5. The van der Waals surface area contributed by atoms with E-state index in [0.717, 1.165) is 18.2 Å². The van der Waals surface area contributed by atoms with Gasteiger partial charge in [0.15, 0.2) is 0 Å². The van der Waals surface area contributed by atoms with Crippen LogP contribution in [0.4, 0.5) is 19.1 Å². The number of nitrogens with two attached hydrogens (primary N) is 1. The predicted molar refractivity (Wildman–Crippen MR) is 156 cm³/mol. The molecule has 0 heterocycles. The molecule has 0 aliphatic heterocycles. The minimum absolute atomic E-state index is 0. The van der Waals surface area contributed by atoms with Crippen molar-refractivity contribution in [3.63, 3.8) is 0 Å². The van der Waals surface area contributed by atoms with Crippen LogP contribution < -0.4 is 114 Å². The van der Waals surface area contributed by atoms with E-state index in [1.165, 1.54) is 44.2 Å². The van der Waals surface area contributed by atoms with Gasteiger partial charge in [-0.25, -0.2) is 16.8 Å². The van der Waals surface area contributed by atoms with Crippen molar-refractivity contribution in [1.82, 2.24) is 0 Å². The Morgan fingerprint density at radius 3 is 1.64 bits per heavy atom. The molecule has 0 aromatic heterocycles. The number of amides is 1. The van der Waals surface area contributed by atoms with Gasteiger partial charge in [-0.2, -0.15) is 16.8 Å². The SMILES string of the molecule is CC(=O)Cl.CC(=O)Nc1ccc2cc(S(=O)(=O)F)cc(S(=O)(=O)F)c2c1.Nc1ccc2c(S(=O)(=O)[O-])cc(S(=O)(=O)[O-])cc2c1.[K+].[K+]. The van der Waals surface area contributed by atoms with E-state index < -0.39 is 66.2 Å². The molecule has 1 amide bonds. The molecule has 0 fully saturated rings. The minimum Gasteiger partial charge on any atom is -0.744 e. The third-order valence-corrected chi connectivity index (χ3v) is 8.58. The molecule has 0 saturated heterocycles. The van der Waals surface area contributed by atoms with Crippen LogP contribution in [0.15, 0.2) is 80.2 Å². The molecule has 3 N–H and O–H groups in total. The molecule has 0 unspecified atom stereocenters. The first-order valence-corrected chi connectivity index (χ1v) is 17.4. The van der Waals surface area contributed by atoms with Gasteiger partial charge in [0, 0.05) is 30.6 Å². The Morgan fingerprint density at radius 1 is 0.681 bits per heavy atom. The topological polar surface area (TPSA) is 255 Å². The van der Waals surface area contributed by atoms with Crippen LogP contribution in [0.5, 0.6) is 0 Å². The number of hydrogen-bond acceptors (Lipinski definition) is 13. The van der Waals surface area contributed by atoms with Crippen molar-refractivity contribution in [2.45, 2.75) is 33.4 Å². The second kappa shape index (κ2) is 18.1. The molecule has 0 radical (unpaired) electrons. The third-order valence-electron chi connectivity index (χ3n) is 5.22. The van der Waals surface area contributed by atoms with E-state index in [1.54, 1.807) is 0 Å². The largest absolute Gasteiger partial charge is 1.00 e. The summed E-state index contributed by atoms with van der Waals surface area (Å²) >= 11 is 4.64. The summed E-state index contributed by atoms with van der Waals surface area (Å²) in [5.41, 5.74) is 5.91. The second-order valence-electron chi connectivity index (χ2n) is 8.69. The van der Waals surface area contributed by atoms with Gasteiger partial charge in [0.25, 0.3) is 0 Å². The Bertz CT molecular complexity index is 2290. The van der Waals surface area contributed by atoms with Crippen LogP contribution in [0.2, 0.25) is 0 Å². The molecule has 0 aliphatic rings. The molecular weight excluding hydrogens is 788 g/mol. The van der Waals surface area contributed by atoms with E-state index >= 15 is 0 Å². The number of benzene rings is 4. The van der Waals surface area contributed by atoms with E-state index in [2.05, 4.69) is 16.9 Å². The summed E-state index contributed by atoms with van der Waals surface area (Å²) in [7, 11) is -20.3. The summed E-state index contributed by atoms with van der Waals surface area (Å²) in [6, 6.07) is 10.4. The molecule has 0 aliphatic carbocycles. The Balaban J connectivity index is 0.000000784. The number of hydrogen-bond donors (Lipinski definition) is 2. The summed E-state index contributed by atoms with van der Waals surface area (Å²) in [4.78, 5) is 16.7. The Morgan fingerprint density at radius 2 is 1.19 bits per heavy atom. The fourth-order valence-electron chi connectivity index (χ4n) is 3.60. The van der Waals surface area contributed by atoms with E-state index in [4.69, 9.17) is 5.73 Å². The second-order valence-corrected chi connectivity index (χ2v) is 14.6. The average molecular weight is 807 g/mol.